The van der Waals surface area contributed by atoms with Crippen molar-refractivity contribution in [2.45, 2.75) is 24.7 Å². The van der Waals surface area contributed by atoms with E-state index in [0.29, 0.717) is 29.4 Å². The molecule has 0 saturated heterocycles. The number of amides is 2. The lowest BCUT2D eigenvalue weighted by Crippen LogP contribution is -2.35. The average Bonchev–Trinajstić information content (AvgIpc) is 2.82. The second kappa shape index (κ2) is 9.96. The van der Waals surface area contributed by atoms with Gasteiger partial charge in [0.05, 0.1) is 10.6 Å². The molecule has 34 heavy (non-hydrogen) atoms. The third kappa shape index (κ3) is 5.37. The van der Waals surface area contributed by atoms with Gasteiger partial charge in [0.25, 0.3) is 15.9 Å². The number of nitrogens with one attached hydrogen (secondary N) is 2. The second-order valence-corrected chi connectivity index (χ2v) is 9.74. The summed E-state index contributed by atoms with van der Waals surface area (Å²) in [6.07, 6.45) is 1.62. The van der Waals surface area contributed by atoms with E-state index in [0.717, 1.165) is 18.4 Å². The largest absolute Gasteiger partial charge is 0.484 e. The monoisotopic (exact) mass is 479 g/mol. The molecule has 2 N–H and O–H groups in total. The fourth-order valence-corrected chi connectivity index (χ4v) is 5.35. The average molecular weight is 480 g/mol. The number of sulfonamides is 1. The Bertz CT molecular complexity index is 1310. The summed E-state index contributed by atoms with van der Waals surface area (Å²) in [5.41, 5.74) is 2.82. The molecular formula is C25H25N3O5S. The standard InChI is InChI=1S/C25H25N3O5S/c1-18(29)26-20-8-4-9-21(16-20)27-25(30)17-33-22-11-13-23(14-12-22)34(31,32)28-15-5-7-19-6-2-3-10-24(19)28/h2-4,6,8-14,16H,5,7,15,17H2,1H3,(H,26,29)(H,27,30). The molecule has 0 radical (unpaired) electrons. The molecule has 4 rings (SSSR count). The molecule has 176 valence electrons. The van der Waals surface area contributed by atoms with Gasteiger partial charge in [-0.15, -0.1) is 0 Å². The molecule has 2 amide bonds. The summed E-state index contributed by atoms with van der Waals surface area (Å²) in [6, 6.07) is 20.3. The van der Waals surface area contributed by atoms with Crippen LogP contribution in [-0.4, -0.2) is 33.4 Å². The van der Waals surface area contributed by atoms with Crippen LogP contribution in [0, 0.1) is 0 Å². The molecule has 1 heterocycles. The Morgan fingerprint density at radius 3 is 2.38 bits per heavy atom. The van der Waals surface area contributed by atoms with Crippen LogP contribution >= 0.6 is 0 Å². The lowest BCUT2D eigenvalue weighted by atomic mass is 10.0. The van der Waals surface area contributed by atoms with Gasteiger partial charge in [0.15, 0.2) is 6.61 Å². The van der Waals surface area contributed by atoms with E-state index in [1.807, 2.05) is 24.3 Å². The van der Waals surface area contributed by atoms with Gasteiger partial charge in [-0.1, -0.05) is 24.3 Å². The molecule has 0 fully saturated rings. The zero-order valence-corrected chi connectivity index (χ0v) is 19.5. The number of hydrogen-bond donors (Lipinski definition) is 2. The molecule has 3 aromatic carbocycles. The molecule has 8 nitrogen and oxygen atoms in total. The van der Waals surface area contributed by atoms with Gasteiger partial charge in [-0.05, 0) is 66.9 Å². The highest BCUT2D eigenvalue weighted by molar-refractivity contribution is 7.92. The number of aryl methyl sites for hydroxylation is 1. The molecule has 0 atom stereocenters. The van der Waals surface area contributed by atoms with E-state index in [-0.39, 0.29) is 23.3 Å². The summed E-state index contributed by atoms with van der Waals surface area (Å²) in [5, 5.41) is 5.34. The summed E-state index contributed by atoms with van der Waals surface area (Å²) in [4.78, 5) is 23.6. The fourth-order valence-electron chi connectivity index (χ4n) is 3.81. The number of benzene rings is 3. The Hall–Kier alpha value is -3.85. The van der Waals surface area contributed by atoms with Crippen LogP contribution in [0.1, 0.15) is 18.9 Å². The normalized spacial score (nSPS) is 13.0. The quantitative estimate of drug-likeness (QED) is 0.536. The Labute approximate surface area is 198 Å². The van der Waals surface area contributed by atoms with Crippen LogP contribution < -0.4 is 19.7 Å². The Kier molecular flexibility index (Phi) is 6.83. The highest BCUT2D eigenvalue weighted by atomic mass is 32.2. The first-order chi connectivity index (χ1) is 16.3. The smallest absolute Gasteiger partial charge is 0.264 e. The maximum atomic E-state index is 13.2. The minimum absolute atomic E-state index is 0.163. The molecule has 0 spiro atoms. The summed E-state index contributed by atoms with van der Waals surface area (Å²) in [7, 11) is -3.71. The number of para-hydroxylation sites is 1. The Morgan fingerprint density at radius 2 is 1.65 bits per heavy atom. The van der Waals surface area contributed by atoms with E-state index in [1.165, 1.54) is 35.5 Å². The lowest BCUT2D eigenvalue weighted by molar-refractivity contribution is -0.118. The SMILES string of the molecule is CC(=O)Nc1cccc(NC(=O)COc2ccc(S(=O)(=O)N3CCCc4ccccc43)cc2)c1. The molecule has 0 aliphatic carbocycles. The van der Waals surface area contributed by atoms with E-state index < -0.39 is 10.0 Å². The molecule has 1 aliphatic rings. The van der Waals surface area contributed by atoms with Crippen LogP contribution in [-0.2, 0) is 26.0 Å². The van der Waals surface area contributed by atoms with Crippen LogP contribution in [0.4, 0.5) is 17.1 Å². The van der Waals surface area contributed by atoms with Crippen molar-refractivity contribution in [1.29, 1.82) is 0 Å². The van der Waals surface area contributed by atoms with Gasteiger partial charge in [0.2, 0.25) is 5.91 Å². The Balaban J connectivity index is 1.38. The van der Waals surface area contributed by atoms with E-state index >= 15 is 0 Å². The fraction of sp³-hybridized carbons (Fsp3) is 0.200. The highest BCUT2D eigenvalue weighted by Gasteiger charge is 2.28. The molecule has 9 heteroatoms. The van der Waals surface area contributed by atoms with Crippen LogP contribution in [0.3, 0.4) is 0 Å². The van der Waals surface area contributed by atoms with E-state index in [9.17, 15) is 18.0 Å². The summed E-state index contributed by atoms with van der Waals surface area (Å²) < 4.78 is 33.4. The minimum Gasteiger partial charge on any atom is -0.484 e. The van der Waals surface area contributed by atoms with Crippen molar-refractivity contribution >= 4 is 38.9 Å². The second-order valence-electron chi connectivity index (χ2n) is 7.88. The first-order valence-corrected chi connectivity index (χ1v) is 12.3. The zero-order chi connectivity index (χ0) is 24.1. The van der Waals surface area contributed by atoms with Crippen LogP contribution in [0.25, 0.3) is 0 Å². The van der Waals surface area contributed by atoms with Crippen molar-refractivity contribution in [1.82, 2.24) is 0 Å². The predicted octanol–water partition coefficient (Wildman–Crippen LogP) is 3.80. The summed E-state index contributed by atoms with van der Waals surface area (Å²) in [6.45, 7) is 1.58. The molecule has 1 aliphatic heterocycles. The first kappa shape index (κ1) is 23.3. The lowest BCUT2D eigenvalue weighted by Gasteiger charge is -2.30. The van der Waals surface area contributed by atoms with Crippen LogP contribution in [0.2, 0.25) is 0 Å². The zero-order valence-electron chi connectivity index (χ0n) is 18.7. The number of anilines is 3. The highest BCUT2D eigenvalue weighted by Crippen LogP contribution is 2.32. The summed E-state index contributed by atoms with van der Waals surface area (Å²) >= 11 is 0. The predicted molar refractivity (Wildman–Crippen MR) is 131 cm³/mol. The molecule has 3 aromatic rings. The van der Waals surface area contributed by atoms with E-state index in [4.69, 9.17) is 4.74 Å². The maximum Gasteiger partial charge on any atom is 0.264 e. The van der Waals surface area contributed by atoms with Gasteiger partial charge in [-0.2, -0.15) is 0 Å². The van der Waals surface area contributed by atoms with Crippen molar-refractivity contribution in [3.05, 3.63) is 78.4 Å². The summed E-state index contributed by atoms with van der Waals surface area (Å²) in [5.74, 6) is -0.219. The van der Waals surface area contributed by atoms with Gasteiger partial charge in [-0.3, -0.25) is 13.9 Å². The van der Waals surface area contributed by atoms with Gasteiger partial charge in [0, 0.05) is 24.8 Å². The number of carbonyl (C=O) groups is 2. The van der Waals surface area contributed by atoms with Crippen molar-refractivity contribution in [2.24, 2.45) is 0 Å². The van der Waals surface area contributed by atoms with Gasteiger partial charge in [0.1, 0.15) is 5.75 Å². The molecule has 0 unspecified atom stereocenters. The van der Waals surface area contributed by atoms with Crippen molar-refractivity contribution in [2.75, 3.05) is 28.1 Å². The number of ether oxygens (including phenoxy) is 1. The minimum atomic E-state index is -3.71. The van der Waals surface area contributed by atoms with Crippen molar-refractivity contribution in [3.8, 4) is 5.75 Å². The van der Waals surface area contributed by atoms with Crippen LogP contribution in [0.15, 0.2) is 77.7 Å². The van der Waals surface area contributed by atoms with Gasteiger partial charge in [-0.25, -0.2) is 8.42 Å². The number of carbonyl (C=O) groups excluding carboxylic acids is 2. The number of nitrogens with zero attached hydrogens (tertiary/aromatic N) is 1. The van der Waals surface area contributed by atoms with E-state index in [1.54, 1.807) is 24.3 Å². The van der Waals surface area contributed by atoms with Gasteiger partial charge >= 0.3 is 0 Å². The van der Waals surface area contributed by atoms with Gasteiger partial charge < -0.3 is 15.4 Å². The third-order valence-electron chi connectivity index (χ3n) is 5.32. The van der Waals surface area contributed by atoms with Crippen LogP contribution in [0.5, 0.6) is 5.75 Å². The van der Waals surface area contributed by atoms with Crippen molar-refractivity contribution in [3.63, 3.8) is 0 Å². The number of hydrogen-bond acceptors (Lipinski definition) is 5. The van der Waals surface area contributed by atoms with Crippen molar-refractivity contribution < 1.29 is 22.7 Å². The molecule has 0 saturated carbocycles. The number of rotatable bonds is 7. The molecule has 0 aromatic heterocycles. The first-order valence-electron chi connectivity index (χ1n) is 10.8. The van der Waals surface area contributed by atoms with E-state index in [2.05, 4.69) is 10.6 Å². The maximum absolute atomic E-state index is 13.2. The topological polar surface area (TPSA) is 105 Å². The third-order valence-corrected chi connectivity index (χ3v) is 7.14. The molecular weight excluding hydrogens is 454 g/mol. The molecule has 0 bridgehead atoms. The Morgan fingerprint density at radius 1 is 0.941 bits per heavy atom. The number of fused-ring (bicyclic) bond motifs is 1.